The van der Waals surface area contributed by atoms with Crippen LogP contribution in [-0.2, 0) is 11.2 Å². The van der Waals surface area contributed by atoms with Crippen molar-refractivity contribution in [2.24, 2.45) is 0 Å². The van der Waals surface area contributed by atoms with Crippen LogP contribution in [0, 0.1) is 0 Å². The Kier molecular flexibility index (Phi) is 5.84. The quantitative estimate of drug-likeness (QED) is 0.809. The van der Waals surface area contributed by atoms with Crippen LogP contribution in [-0.4, -0.2) is 19.6 Å². The van der Waals surface area contributed by atoms with Gasteiger partial charge in [0.15, 0.2) is 18.1 Å². The molecular weight excluding hydrogens is 350 g/mol. The van der Waals surface area contributed by atoms with E-state index in [9.17, 15) is 4.79 Å². The van der Waals surface area contributed by atoms with Gasteiger partial charge in [-0.25, -0.2) is 0 Å². The molecule has 5 heteroatoms. The van der Waals surface area contributed by atoms with E-state index in [2.05, 4.69) is 5.32 Å². The number of ether oxygens (including phenoxy) is 2. The van der Waals surface area contributed by atoms with E-state index in [0.29, 0.717) is 11.5 Å². The lowest BCUT2D eigenvalue weighted by atomic mass is 10.1. The molecule has 2 aromatic rings. The standard InChI is InChI=1S/C21H22ClNO3/c1-3-4-14-5-10-19(20(11-14)25-2)26-13-21(24)23-18-9-6-15-12-16(22)7-8-17(15)18/h3-5,7-8,10-12,18H,6,9,13H2,1-2H3,(H,23,24)/b4-3+. The predicted molar refractivity (Wildman–Crippen MR) is 104 cm³/mol. The van der Waals surface area contributed by atoms with Crippen molar-refractivity contribution >= 4 is 23.6 Å². The number of hydrogen-bond acceptors (Lipinski definition) is 3. The summed E-state index contributed by atoms with van der Waals surface area (Å²) in [6, 6.07) is 11.4. The van der Waals surface area contributed by atoms with Crippen molar-refractivity contribution in [2.45, 2.75) is 25.8 Å². The molecule has 136 valence electrons. The van der Waals surface area contributed by atoms with Gasteiger partial charge in [-0.15, -0.1) is 0 Å². The zero-order chi connectivity index (χ0) is 18.5. The normalized spacial score (nSPS) is 15.7. The van der Waals surface area contributed by atoms with E-state index in [1.807, 2.05) is 55.5 Å². The topological polar surface area (TPSA) is 47.6 Å². The van der Waals surface area contributed by atoms with Crippen LogP contribution in [0.1, 0.15) is 36.1 Å². The molecule has 0 heterocycles. The van der Waals surface area contributed by atoms with Gasteiger partial charge in [-0.2, -0.15) is 0 Å². The summed E-state index contributed by atoms with van der Waals surface area (Å²) in [4.78, 5) is 12.3. The molecule has 1 atom stereocenters. The molecule has 1 N–H and O–H groups in total. The lowest BCUT2D eigenvalue weighted by Gasteiger charge is -2.15. The first-order chi connectivity index (χ1) is 12.6. The Morgan fingerprint density at radius 3 is 2.88 bits per heavy atom. The van der Waals surface area contributed by atoms with Crippen LogP contribution >= 0.6 is 11.6 Å². The molecule has 0 saturated heterocycles. The largest absolute Gasteiger partial charge is 0.493 e. The van der Waals surface area contributed by atoms with Crippen LogP contribution in [0.2, 0.25) is 5.02 Å². The van der Waals surface area contributed by atoms with E-state index in [0.717, 1.165) is 29.0 Å². The molecule has 26 heavy (non-hydrogen) atoms. The van der Waals surface area contributed by atoms with Crippen molar-refractivity contribution in [3.8, 4) is 11.5 Å². The fourth-order valence-corrected chi connectivity index (χ4v) is 3.41. The minimum absolute atomic E-state index is 0.0114. The highest BCUT2D eigenvalue weighted by Crippen LogP contribution is 2.33. The number of fused-ring (bicyclic) bond motifs is 1. The van der Waals surface area contributed by atoms with Crippen molar-refractivity contribution in [3.63, 3.8) is 0 Å². The molecule has 0 saturated carbocycles. The molecule has 0 fully saturated rings. The molecule has 0 radical (unpaired) electrons. The summed E-state index contributed by atoms with van der Waals surface area (Å²) in [7, 11) is 1.59. The number of nitrogens with one attached hydrogen (secondary N) is 1. The molecule has 0 bridgehead atoms. The maximum absolute atomic E-state index is 12.3. The molecule has 0 aromatic heterocycles. The molecule has 0 spiro atoms. The molecule has 2 aromatic carbocycles. The maximum atomic E-state index is 12.3. The maximum Gasteiger partial charge on any atom is 0.258 e. The average molecular weight is 372 g/mol. The first-order valence-electron chi connectivity index (χ1n) is 8.62. The van der Waals surface area contributed by atoms with Crippen molar-refractivity contribution in [2.75, 3.05) is 13.7 Å². The molecular formula is C21H22ClNO3. The first-order valence-corrected chi connectivity index (χ1v) is 8.99. The summed E-state index contributed by atoms with van der Waals surface area (Å²) in [5.74, 6) is 1.00. The van der Waals surface area contributed by atoms with Gasteiger partial charge in [0.05, 0.1) is 13.2 Å². The van der Waals surface area contributed by atoms with E-state index >= 15 is 0 Å². The van der Waals surface area contributed by atoms with Gasteiger partial charge in [-0.05, 0) is 60.7 Å². The highest BCUT2D eigenvalue weighted by molar-refractivity contribution is 6.30. The minimum Gasteiger partial charge on any atom is -0.493 e. The van der Waals surface area contributed by atoms with Crippen LogP contribution in [0.4, 0.5) is 0 Å². The Hall–Kier alpha value is -2.46. The van der Waals surface area contributed by atoms with Crippen LogP contribution in [0.15, 0.2) is 42.5 Å². The molecule has 1 aliphatic carbocycles. The zero-order valence-corrected chi connectivity index (χ0v) is 15.7. The van der Waals surface area contributed by atoms with Gasteiger partial charge < -0.3 is 14.8 Å². The van der Waals surface area contributed by atoms with E-state index in [-0.39, 0.29) is 18.6 Å². The van der Waals surface area contributed by atoms with Crippen molar-refractivity contribution in [1.82, 2.24) is 5.32 Å². The van der Waals surface area contributed by atoms with Gasteiger partial charge >= 0.3 is 0 Å². The van der Waals surface area contributed by atoms with Gasteiger partial charge in [0.1, 0.15) is 0 Å². The van der Waals surface area contributed by atoms with Crippen LogP contribution < -0.4 is 14.8 Å². The Balaban J connectivity index is 1.60. The SMILES string of the molecule is C/C=C/c1ccc(OCC(=O)NC2CCc3cc(Cl)ccc32)c(OC)c1. The third-order valence-electron chi connectivity index (χ3n) is 4.42. The second-order valence-electron chi connectivity index (χ2n) is 6.20. The summed E-state index contributed by atoms with van der Waals surface area (Å²) in [5.41, 5.74) is 3.35. The van der Waals surface area contributed by atoms with Crippen LogP contribution in [0.3, 0.4) is 0 Å². The van der Waals surface area contributed by atoms with Crippen LogP contribution in [0.5, 0.6) is 11.5 Å². The van der Waals surface area contributed by atoms with E-state index in [4.69, 9.17) is 21.1 Å². The number of methoxy groups -OCH3 is 1. The smallest absolute Gasteiger partial charge is 0.258 e. The van der Waals surface area contributed by atoms with Gasteiger partial charge in [0.25, 0.3) is 5.91 Å². The first kappa shape index (κ1) is 18.3. The monoisotopic (exact) mass is 371 g/mol. The average Bonchev–Trinajstić information content (AvgIpc) is 3.02. The summed E-state index contributed by atoms with van der Waals surface area (Å²) < 4.78 is 11.0. The summed E-state index contributed by atoms with van der Waals surface area (Å²) >= 11 is 6.03. The van der Waals surface area contributed by atoms with Crippen molar-refractivity contribution < 1.29 is 14.3 Å². The van der Waals surface area contributed by atoms with Crippen LogP contribution in [0.25, 0.3) is 6.08 Å². The number of rotatable bonds is 6. The molecule has 3 rings (SSSR count). The van der Waals surface area contributed by atoms with Gasteiger partial charge in [-0.1, -0.05) is 35.9 Å². The molecule has 1 amide bonds. The fraction of sp³-hybridized carbons (Fsp3) is 0.286. The van der Waals surface area contributed by atoms with E-state index in [1.165, 1.54) is 5.56 Å². The third kappa shape index (κ3) is 4.20. The number of benzene rings is 2. The highest BCUT2D eigenvalue weighted by Gasteiger charge is 2.24. The van der Waals surface area contributed by atoms with E-state index in [1.54, 1.807) is 7.11 Å². The molecule has 4 nitrogen and oxygen atoms in total. The molecule has 1 aliphatic rings. The second-order valence-corrected chi connectivity index (χ2v) is 6.64. The zero-order valence-electron chi connectivity index (χ0n) is 14.9. The predicted octanol–water partition coefficient (Wildman–Crippen LogP) is 4.56. The summed E-state index contributed by atoms with van der Waals surface area (Å²) in [6.07, 6.45) is 5.73. The van der Waals surface area contributed by atoms with E-state index < -0.39 is 0 Å². The molecule has 0 aliphatic heterocycles. The third-order valence-corrected chi connectivity index (χ3v) is 4.66. The summed E-state index contributed by atoms with van der Waals surface area (Å²) in [6.45, 7) is 1.90. The van der Waals surface area contributed by atoms with Gasteiger partial charge in [0.2, 0.25) is 0 Å². The lowest BCUT2D eigenvalue weighted by molar-refractivity contribution is -0.123. The Labute approximate surface area is 158 Å². The number of carbonyl (C=O) groups excluding carboxylic acids is 1. The number of carbonyl (C=O) groups is 1. The van der Waals surface area contributed by atoms with Gasteiger partial charge in [0, 0.05) is 5.02 Å². The van der Waals surface area contributed by atoms with Crippen molar-refractivity contribution in [1.29, 1.82) is 0 Å². The highest BCUT2D eigenvalue weighted by atomic mass is 35.5. The number of allylic oxidation sites excluding steroid dienone is 1. The number of halogens is 1. The van der Waals surface area contributed by atoms with Crippen molar-refractivity contribution in [3.05, 3.63) is 64.2 Å². The molecule has 1 unspecified atom stereocenters. The summed E-state index contributed by atoms with van der Waals surface area (Å²) in [5, 5.41) is 3.76. The second kappa shape index (κ2) is 8.28. The number of hydrogen-bond donors (Lipinski definition) is 1. The minimum atomic E-state index is -0.155. The van der Waals surface area contributed by atoms with Gasteiger partial charge in [-0.3, -0.25) is 4.79 Å². The Morgan fingerprint density at radius 1 is 1.27 bits per heavy atom. The Bertz CT molecular complexity index is 832. The number of amides is 1. The fourth-order valence-electron chi connectivity index (χ4n) is 3.21. The Morgan fingerprint density at radius 2 is 2.12 bits per heavy atom. The number of aryl methyl sites for hydroxylation is 1. The lowest BCUT2D eigenvalue weighted by Crippen LogP contribution is -2.31.